The van der Waals surface area contributed by atoms with Gasteiger partial charge in [-0.15, -0.1) is 11.3 Å². The van der Waals surface area contributed by atoms with Crippen LogP contribution >= 0.6 is 11.3 Å². The highest BCUT2D eigenvalue weighted by Crippen LogP contribution is 2.29. The first kappa shape index (κ1) is 20.2. The molecule has 0 unspecified atom stereocenters. The van der Waals surface area contributed by atoms with Crippen LogP contribution in [-0.2, 0) is 13.0 Å². The third kappa shape index (κ3) is 4.57. The van der Waals surface area contributed by atoms with Gasteiger partial charge >= 0.3 is 0 Å². The van der Waals surface area contributed by atoms with Crippen LogP contribution in [0, 0.1) is 0 Å². The first-order valence-corrected chi connectivity index (χ1v) is 11.2. The molecule has 0 radical (unpaired) electrons. The molecule has 2 aromatic heterocycles. The van der Waals surface area contributed by atoms with Crippen molar-refractivity contribution in [1.82, 2.24) is 20.0 Å². The molecule has 0 bridgehead atoms. The number of thiazole rings is 1. The molecule has 30 heavy (non-hydrogen) atoms. The third-order valence-electron chi connectivity index (χ3n) is 4.85. The molecule has 152 valence electrons. The summed E-state index contributed by atoms with van der Waals surface area (Å²) in [6.45, 7) is 7.16. The summed E-state index contributed by atoms with van der Waals surface area (Å²) in [5.41, 5.74) is 6.27. The Morgan fingerprint density at radius 3 is 2.40 bits per heavy atom. The van der Waals surface area contributed by atoms with Gasteiger partial charge in [-0.25, -0.2) is 4.98 Å². The van der Waals surface area contributed by atoms with Crippen molar-refractivity contribution in [2.24, 2.45) is 0 Å². The van der Waals surface area contributed by atoms with E-state index in [2.05, 4.69) is 74.7 Å². The molecular formula is C25H26N4S. The maximum atomic E-state index is 4.74. The summed E-state index contributed by atoms with van der Waals surface area (Å²) in [6, 6.07) is 18.7. The molecule has 5 heteroatoms. The van der Waals surface area contributed by atoms with Crippen LogP contribution in [0.2, 0.25) is 0 Å². The van der Waals surface area contributed by atoms with Crippen LogP contribution in [0.1, 0.15) is 43.0 Å². The second-order valence-electron chi connectivity index (χ2n) is 7.52. The lowest BCUT2D eigenvalue weighted by atomic mass is 10.0. The lowest BCUT2D eigenvalue weighted by Gasteiger charge is -2.03. The van der Waals surface area contributed by atoms with Crippen LogP contribution in [0.15, 0.2) is 66.1 Å². The Hall–Kier alpha value is -3.05. The van der Waals surface area contributed by atoms with Gasteiger partial charge in [0.25, 0.3) is 0 Å². The van der Waals surface area contributed by atoms with Gasteiger partial charge in [-0.05, 0) is 18.6 Å². The number of benzene rings is 2. The van der Waals surface area contributed by atoms with E-state index in [-0.39, 0.29) is 0 Å². The van der Waals surface area contributed by atoms with Crippen molar-refractivity contribution in [2.45, 2.75) is 39.7 Å². The standard InChI is InChI=1S/C25H26N4S/c1-4-29-27-23(20-12-6-5-7-13-20)24(28-29)21-14-8-10-19(16-21)11-9-15-22-17-30-25(26-22)18(2)3/h5-14,16-18H,4,15H2,1-3H3/b11-9+. The fourth-order valence-electron chi connectivity index (χ4n) is 3.26. The van der Waals surface area contributed by atoms with Crippen molar-refractivity contribution in [2.75, 3.05) is 0 Å². The summed E-state index contributed by atoms with van der Waals surface area (Å²) >= 11 is 1.75. The summed E-state index contributed by atoms with van der Waals surface area (Å²) in [7, 11) is 0. The predicted octanol–water partition coefficient (Wildman–Crippen LogP) is 6.47. The molecule has 4 nitrogen and oxygen atoms in total. The average molecular weight is 415 g/mol. The van der Waals surface area contributed by atoms with Crippen molar-refractivity contribution in [3.63, 3.8) is 0 Å². The van der Waals surface area contributed by atoms with Gasteiger partial charge in [0, 0.05) is 28.8 Å². The van der Waals surface area contributed by atoms with E-state index in [0.29, 0.717) is 5.92 Å². The van der Waals surface area contributed by atoms with Gasteiger partial charge in [0.05, 0.1) is 17.2 Å². The quantitative estimate of drug-likeness (QED) is 0.348. The Labute approximate surface area is 181 Å². The van der Waals surface area contributed by atoms with Crippen molar-refractivity contribution in [1.29, 1.82) is 0 Å². The van der Waals surface area contributed by atoms with Crippen LogP contribution in [0.25, 0.3) is 28.6 Å². The average Bonchev–Trinajstić information content (AvgIpc) is 3.42. The molecule has 0 spiro atoms. The number of hydrogen-bond donors (Lipinski definition) is 0. The van der Waals surface area contributed by atoms with Crippen molar-refractivity contribution < 1.29 is 0 Å². The normalized spacial score (nSPS) is 11.6. The van der Waals surface area contributed by atoms with Gasteiger partial charge in [0.2, 0.25) is 0 Å². The van der Waals surface area contributed by atoms with E-state index in [1.54, 1.807) is 16.1 Å². The molecular weight excluding hydrogens is 388 g/mol. The Morgan fingerprint density at radius 1 is 0.967 bits per heavy atom. The summed E-state index contributed by atoms with van der Waals surface area (Å²) in [5.74, 6) is 0.486. The Morgan fingerprint density at radius 2 is 1.70 bits per heavy atom. The Bertz CT molecular complexity index is 1140. The van der Waals surface area contributed by atoms with E-state index < -0.39 is 0 Å². The Kier molecular flexibility index (Phi) is 6.19. The van der Waals surface area contributed by atoms with E-state index in [1.165, 1.54) is 5.01 Å². The number of nitrogens with zero attached hydrogens (tertiary/aromatic N) is 4. The minimum Gasteiger partial charge on any atom is -0.246 e. The monoisotopic (exact) mass is 414 g/mol. The maximum Gasteiger partial charge on any atom is 0.121 e. The van der Waals surface area contributed by atoms with Crippen LogP contribution in [0.3, 0.4) is 0 Å². The van der Waals surface area contributed by atoms with E-state index in [1.807, 2.05) is 18.2 Å². The largest absolute Gasteiger partial charge is 0.246 e. The lowest BCUT2D eigenvalue weighted by Crippen LogP contribution is -1.98. The minimum atomic E-state index is 0.486. The topological polar surface area (TPSA) is 43.6 Å². The number of rotatable bonds is 7. The highest BCUT2D eigenvalue weighted by atomic mass is 32.1. The smallest absolute Gasteiger partial charge is 0.121 e. The zero-order chi connectivity index (χ0) is 20.9. The zero-order valence-electron chi connectivity index (χ0n) is 17.6. The fraction of sp³-hybridized carbons (Fsp3) is 0.240. The van der Waals surface area contributed by atoms with Gasteiger partial charge in [-0.2, -0.15) is 15.0 Å². The van der Waals surface area contributed by atoms with Crippen LogP contribution in [0.5, 0.6) is 0 Å². The number of aryl methyl sites for hydroxylation is 1. The van der Waals surface area contributed by atoms with Crippen molar-refractivity contribution >= 4 is 17.4 Å². The van der Waals surface area contributed by atoms with Crippen molar-refractivity contribution in [3.8, 4) is 22.5 Å². The lowest BCUT2D eigenvalue weighted by molar-refractivity contribution is 0.572. The summed E-state index contributed by atoms with van der Waals surface area (Å²) in [6.07, 6.45) is 5.18. The summed E-state index contributed by atoms with van der Waals surface area (Å²) < 4.78 is 0. The zero-order valence-corrected chi connectivity index (χ0v) is 18.4. The first-order chi connectivity index (χ1) is 14.6. The second kappa shape index (κ2) is 9.18. The molecule has 0 saturated heterocycles. The van der Waals surface area contributed by atoms with E-state index in [9.17, 15) is 0 Å². The molecule has 4 aromatic rings. The molecule has 0 N–H and O–H groups in total. The highest BCUT2D eigenvalue weighted by Gasteiger charge is 2.14. The van der Waals surface area contributed by atoms with Crippen molar-refractivity contribution in [3.05, 3.63) is 82.3 Å². The number of allylic oxidation sites excluding steroid dienone is 1. The molecule has 2 aromatic carbocycles. The molecule has 0 aliphatic heterocycles. The maximum absolute atomic E-state index is 4.74. The van der Waals surface area contributed by atoms with E-state index >= 15 is 0 Å². The van der Waals surface area contributed by atoms with Crippen LogP contribution in [0.4, 0.5) is 0 Å². The van der Waals surface area contributed by atoms with E-state index in [0.717, 1.165) is 46.7 Å². The molecule has 4 rings (SSSR count). The van der Waals surface area contributed by atoms with Crippen LogP contribution < -0.4 is 0 Å². The fourth-order valence-corrected chi connectivity index (χ4v) is 4.11. The molecule has 0 fully saturated rings. The molecule has 2 heterocycles. The molecule has 0 atom stereocenters. The van der Waals surface area contributed by atoms with Gasteiger partial charge in [0.1, 0.15) is 11.4 Å². The predicted molar refractivity (Wildman–Crippen MR) is 126 cm³/mol. The van der Waals surface area contributed by atoms with Crippen LogP contribution in [-0.4, -0.2) is 20.0 Å². The molecule has 0 aliphatic rings. The summed E-state index contributed by atoms with van der Waals surface area (Å²) in [4.78, 5) is 6.47. The van der Waals surface area contributed by atoms with Gasteiger partial charge in [0.15, 0.2) is 0 Å². The highest BCUT2D eigenvalue weighted by molar-refractivity contribution is 7.09. The molecule has 0 amide bonds. The third-order valence-corrected chi connectivity index (χ3v) is 6.04. The molecule has 0 saturated carbocycles. The second-order valence-corrected chi connectivity index (χ2v) is 8.41. The minimum absolute atomic E-state index is 0.486. The first-order valence-electron chi connectivity index (χ1n) is 10.4. The SMILES string of the molecule is CCn1nc(-c2ccccc2)c(-c2cccc(/C=C/Cc3csc(C(C)C)n3)c2)n1. The number of aromatic nitrogens is 4. The number of hydrogen-bond acceptors (Lipinski definition) is 4. The van der Waals surface area contributed by atoms with Gasteiger partial charge < -0.3 is 0 Å². The van der Waals surface area contributed by atoms with Gasteiger partial charge in [-0.3, -0.25) is 0 Å². The van der Waals surface area contributed by atoms with Gasteiger partial charge in [-0.1, -0.05) is 74.5 Å². The van der Waals surface area contributed by atoms with E-state index in [4.69, 9.17) is 15.2 Å². The summed E-state index contributed by atoms with van der Waals surface area (Å²) in [5, 5.41) is 12.8. The molecule has 0 aliphatic carbocycles. The Balaban J connectivity index is 1.58.